The first kappa shape index (κ1) is 22.4. The van der Waals surface area contributed by atoms with Crippen molar-refractivity contribution in [3.63, 3.8) is 0 Å². The van der Waals surface area contributed by atoms with Gasteiger partial charge in [0, 0.05) is 5.75 Å². The first-order valence-corrected chi connectivity index (χ1v) is 7.79. The fourth-order valence-corrected chi connectivity index (χ4v) is 1.67. The van der Waals surface area contributed by atoms with Crippen molar-refractivity contribution < 1.29 is 34.1 Å². The molecular formula is C14H24N2O7S. The lowest BCUT2D eigenvalue weighted by molar-refractivity contribution is -0.153. The van der Waals surface area contributed by atoms with Crippen LogP contribution < -0.4 is 11.1 Å². The topological polar surface area (TPSA) is 148 Å². The first-order chi connectivity index (χ1) is 11.3. The van der Waals surface area contributed by atoms with Gasteiger partial charge in [0.25, 0.3) is 0 Å². The summed E-state index contributed by atoms with van der Waals surface area (Å²) in [6.45, 7) is 0.696. The van der Waals surface area contributed by atoms with Crippen LogP contribution in [0.3, 0.4) is 0 Å². The molecule has 0 aromatic heterocycles. The Bertz CT molecular complexity index is 456. The highest BCUT2D eigenvalue weighted by Gasteiger charge is 2.26. The highest BCUT2D eigenvalue weighted by molar-refractivity contribution is 7.80. The molecule has 0 aliphatic carbocycles. The summed E-state index contributed by atoms with van der Waals surface area (Å²) in [6.07, 6.45) is 0.610. The molecule has 1 amide bonds. The number of rotatable bonds is 10. The van der Waals surface area contributed by atoms with E-state index >= 15 is 0 Å². The van der Waals surface area contributed by atoms with Crippen LogP contribution >= 0.6 is 12.6 Å². The lowest BCUT2D eigenvalue weighted by atomic mass is 10.2. The molecule has 24 heavy (non-hydrogen) atoms. The number of hydrogen-bond donors (Lipinski definition) is 5. The maximum absolute atomic E-state index is 11.9. The molecule has 5 N–H and O–H groups in total. The van der Waals surface area contributed by atoms with Gasteiger partial charge in [0.05, 0.1) is 26.2 Å². The van der Waals surface area contributed by atoms with Gasteiger partial charge in [-0.3, -0.25) is 9.59 Å². The number of aliphatic hydroxyl groups is 2. The molecule has 0 radical (unpaired) electrons. The van der Waals surface area contributed by atoms with E-state index in [0.29, 0.717) is 5.75 Å². The van der Waals surface area contributed by atoms with Crippen molar-refractivity contribution in [3.8, 4) is 0 Å². The molecule has 0 aromatic carbocycles. The smallest absolute Gasteiger partial charge is 0.330 e. The predicted molar refractivity (Wildman–Crippen MR) is 88.2 cm³/mol. The molecular weight excluding hydrogens is 340 g/mol. The Labute approximate surface area is 145 Å². The molecule has 0 saturated heterocycles. The second kappa shape index (κ2) is 11.8. The van der Waals surface area contributed by atoms with Crippen LogP contribution in [0.2, 0.25) is 0 Å². The minimum absolute atomic E-state index is 0.309. The predicted octanol–water partition coefficient (Wildman–Crippen LogP) is -1.87. The van der Waals surface area contributed by atoms with Crippen LogP contribution in [-0.4, -0.2) is 71.8 Å². The highest BCUT2D eigenvalue weighted by Crippen LogP contribution is 2.06. The Morgan fingerprint density at radius 1 is 1.33 bits per heavy atom. The molecule has 3 unspecified atom stereocenters. The largest absolute Gasteiger partial charge is 0.467 e. The Kier molecular flexibility index (Phi) is 11.0. The lowest BCUT2D eigenvalue weighted by Gasteiger charge is -2.20. The second-order valence-corrected chi connectivity index (χ2v) is 5.25. The van der Waals surface area contributed by atoms with E-state index in [1.165, 1.54) is 13.0 Å². The van der Waals surface area contributed by atoms with Gasteiger partial charge in [-0.05, 0) is 13.0 Å². The third-order valence-electron chi connectivity index (χ3n) is 2.91. The number of methoxy groups -OCH3 is 1. The standard InChI is InChI=1S/C14H24N2O7S/c1-8(18)12(15)14(21)23-9(4-3-5-24)6-11(19)16-10(7-17)13(20)22-2/h3-4,8-10,12,17-18,24H,5-7,15H2,1-2H3,(H,16,19)/b4-3+/t8?,9?,10-,12?/m1/s1. The van der Waals surface area contributed by atoms with E-state index in [1.807, 2.05) is 0 Å². The van der Waals surface area contributed by atoms with Gasteiger partial charge in [-0.1, -0.05) is 6.08 Å². The highest BCUT2D eigenvalue weighted by atomic mass is 32.1. The molecule has 0 bridgehead atoms. The summed E-state index contributed by atoms with van der Waals surface area (Å²) >= 11 is 3.97. The monoisotopic (exact) mass is 364 g/mol. The van der Waals surface area contributed by atoms with Gasteiger partial charge in [-0.15, -0.1) is 0 Å². The minimum Gasteiger partial charge on any atom is -0.467 e. The van der Waals surface area contributed by atoms with Crippen LogP contribution in [0.25, 0.3) is 0 Å². The Hall–Kier alpha value is -1.62. The molecule has 0 heterocycles. The fourth-order valence-electron chi connectivity index (χ4n) is 1.54. The normalized spacial score (nSPS) is 16.1. The summed E-state index contributed by atoms with van der Waals surface area (Å²) < 4.78 is 9.49. The van der Waals surface area contributed by atoms with E-state index in [9.17, 15) is 19.5 Å². The molecule has 0 aromatic rings. The van der Waals surface area contributed by atoms with Gasteiger partial charge in [0.2, 0.25) is 5.91 Å². The summed E-state index contributed by atoms with van der Waals surface area (Å²) in [5.74, 6) is -1.98. The molecule has 4 atom stereocenters. The van der Waals surface area contributed by atoms with Crippen LogP contribution in [0.15, 0.2) is 12.2 Å². The zero-order valence-corrected chi connectivity index (χ0v) is 14.4. The van der Waals surface area contributed by atoms with Crippen LogP contribution in [0.4, 0.5) is 0 Å². The van der Waals surface area contributed by atoms with Crippen molar-refractivity contribution >= 4 is 30.5 Å². The van der Waals surface area contributed by atoms with Gasteiger partial charge < -0.3 is 30.7 Å². The number of nitrogens with one attached hydrogen (secondary N) is 1. The zero-order chi connectivity index (χ0) is 18.7. The fraction of sp³-hybridized carbons (Fsp3) is 0.643. The lowest BCUT2D eigenvalue weighted by Crippen LogP contribution is -2.46. The number of esters is 2. The molecule has 9 nitrogen and oxygen atoms in total. The molecule has 0 rings (SSSR count). The third kappa shape index (κ3) is 8.29. The van der Waals surface area contributed by atoms with Crippen LogP contribution in [0.5, 0.6) is 0 Å². The Morgan fingerprint density at radius 3 is 2.42 bits per heavy atom. The second-order valence-electron chi connectivity index (χ2n) is 4.88. The van der Waals surface area contributed by atoms with E-state index < -0.39 is 48.7 Å². The zero-order valence-electron chi connectivity index (χ0n) is 13.5. The molecule has 0 aliphatic heterocycles. The summed E-state index contributed by atoms with van der Waals surface area (Å²) in [7, 11) is 1.12. The average Bonchev–Trinajstić information content (AvgIpc) is 2.55. The number of aliphatic hydroxyl groups excluding tert-OH is 2. The quantitative estimate of drug-likeness (QED) is 0.172. The van der Waals surface area contributed by atoms with Gasteiger partial charge in [0.15, 0.2) is 6.04 Å². The Balaban J connectivity index is 4.83. The molecule has 0 fully saturated rings. The van der Waals surface area contributed by atoms with E-state index in [2.05, 4.69) is 22.7 Å². The average molecular weight is 364 g/mol. The molecule has 10 heteroatoms. The maximum atomic E-state index is 11.9. The van der Waals surface area contributed by atoms with Crippen molar-refractivity contribution in [2.24, 2.45) is 5.73 Å². The van der Waals surface area contributed by atoms with Gasteiger partial charge in [0.1, 0.15) is 12.1 Å². The number of hydrogen-bond acceptors (Lipinski definition) is 9. The van der Waals surface area contributed by atoms with Crippen molar-refractivity contribution in [2.75, 3.05) is 19.5 Å². The Morgan fingerprint density at radius 2 is 1.96 bits per heavy atom. The summed E-state index contributed by atoms with van der Waals surface area (Å²) in [5.41, 5.74) is 5.47. The summed E-state index contributed by atoms with van der Waals surface area (Å²) in [6, 6.07) is -2.47. The number of carbonyl (C=O) groups is 3. The first-order valence-electron chi connectivity index (χ1n) is 7.16. The van der Waals surface area contributed by atoms with Crippen molar-refractivity contribution in [2.45, 2.75) is 37.6 Å². The number of thiol groups is 1. The number of nitrogens with two attached hydrogens (primary N) is 1. The van der Waals surface area contributed by atoms with Gasteiger partial charge >= 0.3 is 11.9 Å². The van der Waals surface area contributed by atoms with Crippen LogP contribution in [-0.2, 0) is 23.9 Å². The van der Waals surface area contributed by atoms with E-state index in [1.54, 1.807) is 6.08 Å². The number of amides is 1. The summed E-state index contributed by atoms with van der Waals surface area (Å²) in [4.78, 5) is 35.0. The van der Waals surface area contributed by atoms with Gasteiger partial charge in [-0.25, -0.2) is 4.79 Å². The molecule has 138 valence electrons. The van der Waals surface area contributed by atoms with Crippen LogP contribution in [0.1, 0.15) is 13.3 Å². The minimum atomic E-state index is -1.25. The van der Waals surface area contributed by atoms with Gasteiger partial charge in [-0.2, -0.15) is 12.6 Å². The van der Waals surface area contributed by atoms with E-state index in [4.69, 9.17) is 15.6 Å². The number of carbonyl (C=O) groups excluding carboxylic acids is 3. The van der Waals surface area contributed by atoms with E-state index in [0.717, 1.165) is 7.11 Å². The van der Waals surface area contributed by atoms with Crippen molar-refractivity contribution in [1.29, 1.82) is 0 Å². The van der Waals surface area contributed by atoms with Crippen LogP contribution in [0, 0.1) is 0 Å². The van der Waals surface area contributed by atoms with Crippen molar-refractivity contribution in [1.82, 2.24) is 5.32 Å². The molecule has 0 spiro atoms. The number of ether oxygens (including phenoxy) is 2. The summed E-state index contributed by atoms with van der Waals surface area (Å²) in [5, 5.41) is 20.6. The maximum Gasteiger partial charge on any atom is 0.330 e. The molecule has 0 saturated carbocycles. The SMILES string of the molecule is COC(=O)[C@@H](CO)NC(=O)CC(/C=C/CS)OC(=O)C(N)C(C)O. The molecule has 0 aliphatic rings. The van der Waals surface area contributed by atoms with Crippen molar-refractivity contribution in [3.05, 3.63) is 12.2 Å². The third-order valence-corrected chi connectivity index (χ3v) is 3.12. The van der Waals surface area contributed by atoms with E-state index in [-0.39, 0.29) is 6.42 Å².